The Hall–Kier alpha value is -3.61. The molecule has 0 radical (unpaired) electrons. The van der Waals surface area contributed by atoms with E-state index in [0.29, 0.717) is 18.0 Å². The van der Waals surface area contributed by atoms with Gasteiger partial charge in [-0.05, 0) is 35.7 Å². The van der Waals surface area contributed by atoms with Gasteiger partial charge >= 0.3 is 0 Å². The Morgan fingerprint density at radius 2 is 1.83 bits per heavy atom. The highest BCUT2D eigenvalue weighted by atomic mass is 16.5. The van der Waals surface area contributed by atoms with Crippen LogP contribution in [0.25, 0.3) is 22.4 Å². The van der Waals surface area contributed by atoms with Crippen molar-refractivity contribution in [3.8, 4) is 22.4 Å². The Labute approximate surface area is 174 Å². The molecular weight excluding hydrogens is 380 g/mol. The lowest BCUT2D eigenvalue weighted by atomic mass is 9.99. The molecule has 30 heavy (non-hydrogen) atoms. The molecule has 2 aromatic carbocycles. The molecule has 1 atom stereocenters. The van der Waals surface area contributed by atoms with Gasteiger partial charge in [0.05, 0.1) is 17.9 Å². The second kappa shape index (κ2) is 7.02. The highest BCUT2D eigenvalue weighted by Crippen LogP contribution is 2.35. The van der Waals surface area contributed by atoms with E-state index in [1.807, 2.05) is 55.6 Å². The number of aromatic nitrogens is 1. The lowest BCUT2D eigenvalue weighted by molar-refractivity contribution is -0.128. The van der Waals surface area contributed by atoms with E-state index in [1.165, 1.54) is 0 Å². The van der Waals surface area contributed by atoms with Gasteiger partial charge in [0, 0.05) is 32.3 Å². The van der Waals surface area contributed by atoms with Crippen molar-refractivity contribution < 1.29 is 14.1 Å². The number of benzene rings is 2. The van der Waals surface area contributed by atoms with Crippen LogP contribution in [0.2, 0.25) is 0 Å². The Balaban J connectivity index is 1.46. The van der Waals surface area contributed by atoms with Crippen LogP contribution in [-0.4, -0.2) is 49.1 Å². The van der Waals surface area contributed by atoms with Crippen LogP contribution < -0.4 is 10.2 Å². The fraction of sp³-hybridized carbons (Fsp3) is 0.261. The monoisotopic (exact) mass is 402 g/mol. The van der Waals surface area contributed by atoms with Crippen LogP contribution in [0.4, 0.5) is 11.4 Å². The standard InChI is InChI=1S/C23H22N4O3/c1-26-9-8-17(23(26)29)21-12-19(25-30-21)16-5-3-4-14(10-16)15-6-7-18-20(11-15)27(2)22(28)13-24-18/h3-7,10-12,17,24H,8-9,13H2,1-2H3. The van der Waals surface area contributed by atoms with Gasteiger partial charge < -0.3 is 19.6 Å². The number of rotatable bonds is 3. The summed E-state index contributed by atoms with van der Waals surface area (Å²) < 4.78 is 5.52. The molecule has 0 aliphatic carbocycles. The Kier molecular flexibility index (Phi) is 4.31. The molecule has 152 valence electrons. The molecule has 2 amide bonds. The predicted octanol–water partition coefficient (Wildman–Crippen LogP) is 3.34. The summed E-state index contributed by atoms with van der Waals surface area (Å²) in [4.78, 5) is 27.7. The quantitative estimate of drug-likeness (QED) is 0.727. The van der Waals surface area contributed by atoms with Crippen LogP contribution in [0.1, 0.15) is 18.1 Å². The first kappa shape index (κ1) is 18.4. The van der Waals surface area contributed by atoms with Gasteiger partial charge in [-0.1, -0.05) is 29.4 Å². The van der Waals surface area contributed by atoms with Crippen molar-refractivity contribution in [1.29, 1.82) is 0 Å². The summed E-state index contributed by atoms with van der Waals surface area (Å²) in [6.45, 7) is 1.05. The number of anilines is 2. The summed E-state index contributed by atoms with van der Waals surface area (Å²) in [7, 11) is 3.60. The molecule has 0 bridgehead atoms. The molecule has 7 nitrogen and oxygen atoms in total. The fourth-order valence-electron chi connectivity index (χ4n) is 4.10. The van der Waals surface area contributed by atoms with Crippen molar-refractivity contribution in [3.05, 3.63) is 54.3 Å². The molecule has 7 heteroatoms. The summed E-state index contributed by atoms with van der Waals surface area (Å²) in [5.74, 6) is 0.480. The molecule has 1 N–H and O–H groups in total. The molecule has 2 aliphatic heterocycles. The number of fused-ring (bicyclic) bond motifs is 1. The third-order valence-electron chi connectivity index (χ3n) is 5.95. The first-order valence-electron chi connectivity index (χ1n) is 9.98. The van der Waals surface area contributed by atoms with Crippen LogP contribution in [0.15, 0.2) is 53.1 Å². The largest absolute Gasteiger partial charge is 0.374 e. The maximum Gasteiger partial charge on any atom is 0.246 e. The van der Waals surface area contributed by atoms with Crippen LogP contribution in [0, 0.1) is 0 Å². The van der Waals surface area contributed by atoms with E-state index >= 15 is 0 Å². The fourth-order valence-corrected chi connectivity index (χ4v) is 4.10. The van der Waals surface area contributed by atoms with Gasteiger partial charge in [0.1, 0.15) is 17.4 Å². The predicted molar refractivity (Wildman–Crippen MR) is 114 cm³/mol. The Bertz CT molecular complexity index is 1150. The van der Waals surface area contributed by atoms with Crippen molar-refractivity contribution >= 4 is 23.2 Å². The summed E-state index contributed by atoms with van der Waals surface area (Å²) in [5.41, 5.74) is 5.46. The van der Waals surface area contributed by atoms with E-state index in [4.69, 9.17) is 4.52 Å². The number of amides is 2. The number of nitrogens with zero attached hydrogens (tertiary/aromatic N) is 3. The van der Waals surface area contributed by atoms with Gasteiger partial charge in [-0.25, -0.2) is 0 Å². The molecule has 0 spiro atoms. The maximum absolute atomic E-state index is 12.3. The van der Waals surface area contributed by atoms with Crippen molar-refractivity contribution in [1.82, 2.24) is 10.1 Å². The Morgan fingerprint density at radius 3 is 2.63 bits per heavy atom. The van der Waals surface area contributed by atoms with E-state index < -0.39 is 0 Å². The van der Waals surface area contributed by atoms with E-state index in [-0.39, 0.29) is 17.7 Å². The number of carbonyl (C=O) groups is 2. The summed E-state index contributed by atoms with van der Waals surface area (Å²) >= 11 is 0. The van der Waals surface area contributed by atoms with Gasteiger partial charge in [0.25, 0.3) is 0 Å². The number of nitrogens with one attached hydrogen (secondary N) is 1. The minimum Gasteiger partial charge on any atom is -0.374 e. The van der Waals surface area contributed by atoms with Gasteiger partial charge in [-0.15, -0.1) is 0 Å². The topological polar surface area (TPSA) is 78.7 Å². The number of likely N-dealkylation sites (tertiary alicyclic amines) is 1. The molecule has 1 aromatic heterocycles. The molecule has 3 heterocycles. The summed E-state index contributed by atoms with van der Waals surface area (Å²) in [6, 6.07) is 15.9. The van der Waals surface area contributed by atoms with E-state index in [9.17, 15) is 9.59 Å². The van der Waals surface area contributed by atoms with Gasteiger partial charge in [-0.2, -0.15) is 0 Å². The van der Waals surface area contributed by atoms with E-state index in [1.54, 1.807) is 16.8 Å². The van der Waals surface area contributed by atoms with Gasteiger partial charge in [-0.3, -0.25) is 9.59 Å². The minimum absolute atomic E-state index is 0.0376. The molecule has 0 saturated carbocycles. The lowest BCUT2D eigenvalue weighted by Crippen LogP contribution is -2.36. The maximum atomic E-state index is 12.3. The van der Waals surface area contributed by atoms with Crippen molar-refractivity contribution in [2.45, 2.75) is 12.3 Å². The number of likely N-dealkylation sites (N-methyl/N-ethyl adjacent to an activating group) is 2. The van der Waals surface area contributed by atoms with E-state index in [0.717, 1.165) is 41.0 Å². The van der Waals surface area contributed by atoms with Gasteiger partial charge in [0.2, 0.25) is 11.8 Å². The molecule has 2 aliphatic rings. The molecule has 1 fully saturated rings. The molecule has 1 unspecified atom stereocenters. The zero-order valence-corrected chi connectivity index (χ0v) is 16.9. The smallest absolute Gasteiger partial charge is 0.246 e. The number of hydrogen-bond donors (Lipinski definition) is 1. The van der Waals surface area contributed by atoms with E-state index in [2.05, 4.69) is 10.5 Å². The molecular formula is C23H22N4O3. The van der Waals surface area contributed by atoms with Crippen LogP contribution >= 0.6 is 0 Å². The van der Waals surface area contributed by atoms with Crippen LogP contribution in [0.5, 0.6) is 0 Å². The van der Waals surface area contributed by atoms with Crippen molar-refractivity contribution in [3.63, 3.8) is 0 Å². The highest BCUT2D eigenvalue weighted by molar-refractivity contribution is 6.03. The normalized spacial score (nSPS) is 18.5. The second-order valence-electron chi connectivity index (χ2n) is 7.83. The third-order valence-corrected chi connectivity index (χ3v) is 5.95. The average molecular weight is 402 g/mol. The minimum atomic E-state index is -0.249. The first-order chi connectivity index (χ1) is 14.5. The molecule has 3 aromatic rings. The van der Waals surface area contributed by atoms with Crippen molar-refractivity contribution in [2.75, 3.05) is 37.4 Å². The second-order valence-corrected chi connectivity index (χ2v) is 7.83. The zero-order valence-electron chi connectivity index (χ0n) is 16.9. The van der Waals surface area contributed by atoms with Crippen molar-refractivity contribution in [2.24, 2.45) is 0 Å². The summed E-state index contributed by atoms with van der Waals surface area (Å²) in [5, 5.41) is 7.36. The number of carbonyl (C=O) groups excluding carboxylic acids is 2. The highest BCUT2D eigenvalue weighted by Gasteiger charge is 2.33. The zero-order chi connectivity index (χ0) is 20.8. The SMILES string of the molecule is CN1CCC(c2cc(-c3cccc(-c4ccc5c(c4)N(C)C(=O)CN5)c3)no2)C1=O. The Morgan fingerprint density at radius 1 is 1.03 bits per heavy atom. The number of hydrogen-bond acceptors (Lipinski definition) is 5. The average Bonchev–Trinajstić information content (AvgIpc) is 3.38. The molecule has 1 saturated heterocycles. The summed E-state index contributed by atoms with van der Waals surface area (Å²) in [6.07, 6.45) is 0.749. The lowest BCUT2D eigenvalue weighted by Gasteiger charge is -2.27. The third kappa shape index (κ3) is 3.03. The van der Waals surface area contributed by atoms with Gasteiger partial charge in [0.15, 0.2) is 0 Å². The van der Waals surface area contributed by atoms with Crippen LogP contribution in [-0.2, 0) is 9.59 Å². The molecule has 5 rings (SSSR count). The van der Waals surface area contributed by atoms with Crippen LogP contribution in [0.3, 0.4) is 0 Å². The first-order valence-corrected chi connectivity index (χ1v) is 9.98.